The predicted octanol–water partition coefficient (Wildman–Crippen LogP) is 4.95. The highest BCUT2D eigenvalue weighted by Crippen LogP contribution is 2.34. The highest BCUT2D eigenvalue weighted by atomic mass is 28.3. The maximum absolute atomic E-state index is 12.5. The van der Waals surface area contributed by atoms with Crippen molar-refractivity contribution in [3.63, 3.8) is 0 Å². The van der Waals surface area contributed by atoms with E-state index in [9.17, 15) is 4.79 Å². The lowest BCUT2D eigenvalue weighted by atomic mass is 9.82. The third kappa shape index (κ3) is 4.41. The molecule has 134 valence electrons. The smallest absolute Gasteiger partial charge is 0.410 e. The Balaban J connectivity index is 2.35. The summed E-state index contributed by atoms with van der Waals surface area (Å²) in [6.45, 7) is 13.5. The maximum atomic E-state index is 12.5. The SMILES string of the molecule is CCC(C)(C)c1cccc([Si](C)(C)C)c1OC(=O)NC1CCCC1. The molecule has 4 heteroatoms. The average molecular weight is 348 g/mol. The molecule has 1 aliphatic carbocycles. The average Bonchev–Trinajstić information content (AvgIpc) is 2.98. The minimum atomic E-state index is -1.62. The molecule has 0 heterocycles. The summed E-state index contributed by atoms with van der Waals surface area (Å²) in [5.74, 6) is 0.805. The Morgan fingerprint density at radius 1 is 1.25 bits per heavy atom. The molecule has 0 spiro atoms. The normalized spacial score (nSPS) is 16.2. The molecule has 1 aromatic rings. The molecule has 24 heavy (non-hydrogen) atoms. The largest absolute Gasteiger partial charge is 0.412 e. The highest BCUT2D eigenvalue weighted by Gasteiger charge is 2.30. The van der Waals surface area contributed by atoms with E-state index < -0.39 is 8.07 Å². The Morgan fingerprint density at radius 3 is 2.42 bits per heavy atom. The quantitative estimate of drug-likeness (QED) is 0.765. The van der Waals surface area contributed by atoms with Crippen LogP contribution in [0.25, 0.3) is 0 Å². The Hall–Kier alpha value is -1.29. The first-order chi connectivity index (χ1) is 11.1. The second-order valence-corrected chi connectivity index (χ2v) is 13.7. The van der Waals surface area contributed by atoms with Crippen LogP contribution in [0.1, 0.15) is 58.4 Å². The van der Waals surface area contributed by atoms with Gasteiger partial charge in [-0.25, -0.2) is 4.79 Å². The second kappa shape index (κ2) is 7.30. The van der Waals surface area contributed by atoms with Crippen molar-refractivity contribution in [3.8, 4) is 5.75 Å². The van der Waals surface area contributed by atoms with Crippen LogP contribution in [0.15, 0.2) is 18.2 Å². The Morgan fingerprint density at radius 2 is 1.88 bits per heavy atom. The number of nitrogens with one attached hydrogen (secondary N) is 1. The standard InChI is InChI=1S/C20H33NO2Si/c1-7-20(2,3)16-13-10-14-17(24(4,5)6)18(16)23-19(22)21-15-11-8-9-12-15/h10,13-15H,7-9,11-12H2,1-6H3,(H,21,22). The van der Waals surface area contributed by atoms with E-state index in [0.717, 1.165) is 30.6 Å². The topological polar surface area (TPSA) is 38.3 Å². The summed E-state index contributed by atoms with van der Waals surface area (Å²) in [5, 5.41) is 4.28. The maximum Gasteiger partial charge on any atom is 0.412 e. The van der Waals surface area contributed by atoms with E-state index in [1.807, 2.05) is 0 Å². The fourth-order valence-electron chi connectivity index (χ4n) is 3.32. The molecule has 0 radical (unpaired) electrons. The molecule has 1 saturated carbocycles. The van der Waals surface area contributed by atoms with Gasteiger partial charge in [0.1, 0.15) is 5.75 Å². The van der Waals surface area contributed by atoms with E-state index in [0.29, 0.717) is 0 Å². The molecule has 1 aromatic carbocycles. The molecule has 0 bridgehead atoms. The number of carbonyl (C=O) groups is 1. The first-order valence-electron chi connectivity index (χ1n) is 9.27. The van der Waals surface area contributed by atoms with Gasteiger partial charge in [-0.2, -0.15) is 0 Å². The van der Waals surface area contributed by atoms with Crippen molar-refractivity contribution in [1.29, 1.82) is 0 Å². The third-order valence-corrected chi connectivity index (χ3v) is 7.32. The van der Waals surface area contributed by atoms with Crippen LogP contribution >= 0.6 is 0 Å². The number of para-hydroxylation sites is 1. The van der Waals surface area contributed by atoms with Gasteiger partial charge in [0.2, 0.25) is 0 Å². The number of rotatable bonds is 5. The van der Waals surface area contributed by atoms with Gasteiger partial charge in [0.15, 0.2) is 0 Å². The van der Waals surface area contributed by atoms with Gasteiger partial charge in [0.05, 0.1) is 8.07 Å². The summed E-state index contributed by atoms with van der Waals surface area (Å²) in [7, 11) is -1.62. The molecule has 0 aliphatic heterocycles. The molecule has 3 nitrogen and oxygen atoms in total. The summed E-state index contributed by atoms with van der Waals surface area (Å²) in [5.41, 5.74) is 1.13. The van der Waals surface area contributed by atoms with Crippen molar-refractivity contribution in [2.75, 3.05) is 0 Å². The van der Waals surface area contributed by atoms with Crippen molar-refractivity contribution in [1.82, 2.24) is 5.32 Å². The van der Waals surface area contributed by atoms with Crippen LogP contribution in [0.4, 0.5) is 4.79 Å². The van der Waals surface area contributed by atoms with E-state index in [1.54, 1.807) is 0 Å². The van der Waals surface area contributed by atoms with Crippen LogP contribution in [0, 0.1) is 0 Å². The number of hydrogen-bond donors (Lipinski definition) is 1. The minimum absolute atomic E-state index is 0.0152. The van der Waals surface area contributed by atoms with Crippen molar-refractivity contribution < 1.29 is 9.53 Å². The van der Waals surface area contributed by atoms with E-state index in [-0.39, 0.29) is 17.6 Å². The van der Waals surface area contributed by atoms with Crippen molar-refractivity contribution >= 4 is 19.4 Å². The van der Waals surface area contributed by atoms with Gasteiger partial charge < -0.3 is 10.1 Å². The summed E-state index contributed by atoms with van der Waals surface area (Å²) in [6, 6.07) is 6.65. The van der Waals surface area contributed by atoms with Crippen LogP contribution in [0.5, 0.6) is 5.75 Å². The minimum Gasteiger partial charge on any atom is -0.410 e. The summed E-state index contributed by atoms with van der Waals surface area (Å²) in [6.07, 6.45) is 5.24. The fourth-order valence-corrected chi connectivity index (χ4v) is 4.78. The lowest BCUT2D eigenvalue weighted by molar-refractivity contribution is 0.195. The molecule has 0 unspecified atom stereocenters. The molecule has 0 saturated heterocycles. The predicted molar refractivity (Wildman–Crippen MR) is 104 cm³/mol. The molecule has 1 fully saturated rings. The van der Waals surface area contributed by atoms with Crippen molar-refractivity contribution in [2.24, 2.45) is 0 Å². The van der Waals surface area contributed by atoms with Crippen LogP contribution in [0.3, 0.4) is 0 Å². The van der Waals surface area contributed by atoms with Crippen LogP contribution in [-0.4, -0.2) is 20.2 Å². The van der Waals surface area contributed by atoms with E-state index in [4.69, 9.17) is 4.74 Å². The molecule has 1 aliphatic rings. The molecule has 0 aromatic heterocycles. The number of benzene rings is 1. The van der Waals surface area contributed by atoms with Gasteiger partial charge in [0.25, 0.3) is 0 Å². The summed E-state index contributed by atoms with van der Waals surface area (Å²) >= 11 is 0. The van der Waals surface area contributed by atoms with Gasteiger partial charge in [-0.3, -0.25) is 0 Å². The van der Waals surface area contributed by atoms with E-state index in [1.165, 1.54) is 18.0 Å². The zero-order valence-electron chi connectivity index (χ0n) is 16.2. The zero-order chi connectivity index (χ0) is 18.0. The highest BCUT2D eigenvalue weighted by molar-refractivity contribution is 6.89. The molecule has 0 atom stereocenters. The third-order valence-electron chi connectivity index (χ3n) is 5.31. The molecule has 2 rings (SSSR count). The first-order valence-corrected chi connectivity index (χ1v) is 12.8. The molecular formula is C20H33NO2Si. The monoisotopic (exact) mass is 347 g/mol. The van der Waals surface area contributed by atoms with Gasteiger partial charge >= 0.3 is 6.09 Å². The number of carbonyl (C=O) groups excluding carboxylic acids is 1. The fraction of sp³-hybridized carbons (Fsp3) is 0.650. The Labute approximate surface area is 148 Å². The second-order valence-electron chi connectivity index (χ2n) is 8.68. The van der Waals surface area contributed by atoms with Crippen molar-refractivity contribution in [2.45, 2.75) is 84.0 Å². The van der Waals surface area contributed by atoms with E-state index >= 15 is 0 Å². The van der Waals surface area contributed by atoms with Gasteiger partial charge in [-0.15, -0.1) is 0 Å². The van der Waals surface area contributed by atoms with Crippen LogP contribution in [0.2, 0.25) is 19.6 Å². The number of amides is 1. The summed E-state index contributed by atoms with van der Waals surface area (Å²) < 4.78 is 5.94. The van der Waals surface area contributed by atoms with Crippen molar-refractivity contribution in [3.05, 3.63) is 23.8 Å². The Kier molecular flexibility index (Phi) is 5.79. The number of ether oxygens (including phenoxy) is 1. The molecular weight excluding hydrogens is 314 g/mol. The lowest BCUT2D eigenvalue weighted by Crippen LogP contribution is -2.42. The van der Waals surface area contributed by atoms with Crippen LogP contribution < -0.4 is 15.2 Å². The van der Waals surface area contributed by atoms with Gasteiger partial charge in [-0.1, -0.05) is 71.5 Å². The van der Waals surface area contributed by atoms with E-state index in [2.05, 4.69) is 63.9 Å². The van der Waals surface area contributed by atoms with Crippen LogP contribution in [-0.2, 0) is 5.41 Å². The molecule has 1 N–H and O–H groups in total. The summed E-state index contributed by atoms with van der Waals surface area (Å²) in [4.78, 5) is 12.5. The zero-order valence-corrected chi connectivity index (χ0v) is 17.2. The van der Waals surface area contributed by atoms with Gasteiger partial charge in [-0.05, 0) is 29.9 Å². The van der Waals surface area contributed by atoms with Gasteiger partial charge in [0, 0.05) is 11.6 Å². The molecule has 1 amide bonds. The Bertz CT molecular complexity index is 584. The first kappa shape index (κ1) is 19.0. The number of hydrogen-bond acceptors (Lipinski definition) is 2. The lowest BCUT2D eigenvalue weighted by Gasteiger charge is -2.30.